The molecule has 2 aromatic carbocycles. The van der Waals surface area contributed by atoms with E-state index in [1.807, 2.05) is 68.4 Å². The zero-order valence-corrected chi connectivity index (χ0v) is 20.7. The molecule has 0 aliphatic heterocycles. The van der Waals surface area contributed by atoms with Crippen LogP contribution < -0.4 is 10.9 Å². The Labute approximate surface area is 201 Å². The first kappa shape index (κ1) is 23.3. The number of aryl methyl sites for hydroxylation is 3. The molecule has 1 N–H and O–H groups in total. The van der Waals surface area contributed by atoms with Crippen LogP contribution in [-0.2, 0) is 17.8 Å². The Kier molecular flexibility index (Phi) is 7.30. The molecule has 0 fully saturated rings. The van der Waals surface area contributed by atoms with Crippen LogP contribution in [0.15, 0.2) is 64.5 Å². The minimum absolute atomic E-state index is 0.0751. The zero-order valence-electron chi connectivity index (χ0n) is 19.1. The Hall–Kier alpha value is -2.90. The summed E-state index contributed by atoms with van der Waals surface area (Å²) in [5.41, 5.74) is 3.82. The number of hydrogen-bond acceptors (Lipinski definition) is 5. The average Bonchev–Trinajstić information content (AvgIpc) is 3.12. The topological polar surface area (TPSA) is 64.0 Å². The van der Waals surface area contributed by atoms with Gasteiger partial charge in [-0.1, -0.05) is 67.6 Å². The molecular weight excluding hydrogens is 450 g/mol. The Morgan fingerprint density at radius 3 is 2.64 bits per heavy atom. The number of benzene rings is 2. The van der Waals surface area contributed by atoms with E-state index in [4.69, 9.17) is 4.98 Å². The summed E-state index contributed by atoms with van der Waals surface area (Å²) < 4.78 is 1.65. The van der Waals surface area contributed by atoms with E-state index in [2.05, 4.69) is 12.2 Å². The molecule has 4 rings (SSSR count). The van der Waals surface area contributed by atoms with Gasteiger partial charge in [0.05, 0.1) is 16.8 Å². The number of fused-ring (bicyclic) bond motifs is 1. The van der Waals surface area contributed by atoms with E-state index in [-0.39, 0.29) is 17.2 Å². The lowest BCUT2D eigenvalue weighted by atomic mass is 10.1. The normalized spacial score (nSPS) is 11.1. The van der Waals surface area contributed by atoms with Crippen LogP contribution in [0, 0.1) is 13.8 Å². The van der Waals surface area contributed by atoms with Crippen LogP contribution in [0.4, 0.5) is 0 Å². The maximum Gasteiger partial charge on any atom is 0.267 e. The molecule has 0 bridgehead atoms. The summed E-state index contributed by atoms with van der Waals surface area (Å²) in [5.74, 6) is 0.0889. The van der Waals surface area contributed by atoms with Gasteiger partial charge in [-0.3, -0.25) is 14.2 Å². The Morgan fingerprint density at radius 2 is 1.91 bits per heavy atom. The molecule has 0 atom stereocenters. The van der Waals surface area contributed by atoms with Gasteiger partial charge < -0.3 is 5.32 Å². The summed E-state index contributed by atoms with van der Waals surface area (Å²) in [4.78, 5) is 33.0. The molecule has 0 radical (unpaired) electrons. The molecular formula is C26H27N3O2S2. The van der Waals surface area contributed by atoms with Gasteiger partial charge in [-0.15, -0.1) is 11.3 Å². The van der Waals surface area contributed by atoms with Gasteiger partial charge in [0.1, 0.15) is 4.83 Å². The Morgan fingerprint density at radius 1 is 1.12 bits per heavy atom. The number of thioether (sulfide) groups is 1. The van der Waals surface area contributed by atoms with Gasteiger partial charge in [-0.2, -0.15) is 0 Å². The van der Waals surface area contributed by atoms with Crippen molar-refractivity contribution >= 4 is 39.2 Å². The molecule has 4 aromatic rings. The highest BCUT2D eigenvalue weighted by atomic mass is 32.2. The lowest BCUT2D eigenvalue weighted by Crippen LogP contribution is -2.26. The molecule has 0 unspecified atom stereocenters. The molecule has 7 heteroatoms. The van der Waals surface area contributed by atoms with Crippen LogP contribution in [-0.4, -0.2) is 21.2 Å². The summed E-state index contributed by atoms with van der Waals surface area (Å²) in [7, 11) is 0. The smallest absolute Gasteiger partial charge is 0.267 e. The Bertz CT molecular complexity index is 1340. The quantitative estimate of drug-likeness (QED) is 0.272. The van der Waals surface area contributed by atoms with Gasteiger partial charge in [0, 0.05) is 11.4 Å². The van der Waals surface area contributed by atoms with E-state index < -0.39 is 0 Å². The van der Waals surface area contributed by atoms with Gasteiger partial charge in [-0.25, -0.2) is 4.98 Å². The molecule has 0 saturated heterocycles. The molecule has 0 aliphatic rings. The summed E-state index contributed by atoms with van der Waals surface area (Å²) in [6, 6.07) is 17.6. The number of rotatable bonds is 8. The van der Waals surface area contributed by atoms with Gasteiger partial charge in [-0.05, 0) is 49.1 Å². The summed E-state index contributed by atoms with van der Waals surface area (Å²) in [5, 5.41) is 4.17. The highest BCUT2D eigenvalue weighted by molar-refractivity contribution is 7.99. The largest absolute Gasteiger partial charge is 0.351 e. The second-order valence-corrected chi connectivity index (χ2v) is 10.0. The van der Waals surface area contributed by atoms with Crippen molar-refractivity contribution in [3.05, 3.63) is 86.5 Å². The van der Waals surface area contributed by atoms with Crippen molar-refractivity contribution in [2.75, 3.05) is 5.75 Å². The minimum atomic E-state index is -0.0944. The van der Waals surface area contributed by atoms with Gasteiger partial charge >= 0.3 is 0 Å². The van der Waals surface area contributed by atoms with Crippen molar-refractivity contribution in [2.45, 2.75) is 45.3 Å². The fraction of sp³-hybridized carbons (Fsp3) is 0.269. The number of nitrogens with zero attached hydrogens (tertiary/aromatic N) is 2. The molecule has 170 valence electrons. The van der Waals surface area contributed by atoms with Crippen molar-refractivity contribution in [1.29, 1.82) is 0 Å². The summed E-state index contributed by atoms with van der Waals surface area (Å²) in [6.07, 6.45) is 1.95. The van der Waals surface area contributed by atoms with Crippen LogP contribution in [0.25, 0.3) is 15.9 Å². The number of carbonyl (C=O) groups is 1. The van der Waals surface area contributed by atoms with Crippen molar-refractivity contribution in [1.82, 2.24) is 14.9 Å². The van der Waals surface area contributed by atoms with Crippen LogP contribution >= 0.6 is 23.1 Å². The van der Waals surface area contributed by atoms with E-state index >= 15 is 0 Å². The predicted octanol–water partition coefficient (Wildman–Crippen LogP) is 5.43. The standard InChI is InChI=1S/C26H27N3O2S2/c1-4-9-21-18(3)23-24(33-21)28-26(29(25(23)31)20-13-8-10-17(2)14-20)32-16-22(30)27-15-19-11-6-5-7-12-19/h5-8,10-14H,4,9,15-16H2,1-3H3,(H,27,30). The summed E-state index contributed by atoms with van der Waals surface area (Å²) in [6.45, 7) is 6.62. The van der Waals surface area contributed by atoms with E-state index in [1.165, 1.54) is 16.6 Å². The average molecular weight is 478 g/mol. The van der Waals surface area contributed by atoms with Crippen LogP contribution in [0.5, 0.6) is 0 Å². The molecule has 0 aliphatic carbocycles. The molecule has 2 heterocycles. The maximum atomic E-state index is 13.7. The van der Waals surface area contributed by atoms with Crippen LogP contribution in [0.1, 0.15) is 34.9 Å². The molecule has 5 nitrogen and oxygen atoms in total. The first-order valence-corrected chi connectivity index (χ1v) is 12.8. The lowest BCUT2D eigenvalue weighted by Gasteiger charge is -2.13. The van der Waals surface area contributed by atoms with E-state index in [1.54, 1.807) is 15.9 Å². The monoisotopic (exact) mass is 477 g/mol. The summed E-state index contributed by atoms with van der Waals surface area (Å²) >= 11 is 2.88. The molecule has 0 spiro atoms. The number of amides is 1. The number of thiophene rings is 1. The predicted molar refractivity (Wildman–Crippen MR) is 138 cm³/mol. The van der Waals surface area contributed by atoms with E-state index in [9.17, 15) is 9.59 Å². The van der Waals surface area contributed by atoms with Crippen molar-refractivity contribution < 1.29 is 4.79 Å². The Balaban J connectivity index is 1.67. The fourth-order valence-electron chi connectivity index (χ4n) is 3.75. The fourth-order valence-corrected chi connectivity index (χ4v) is 5.91. The van der Waals surface area contributed by atoms with Gasteiger partial charge in [0.2, 0.25) is 5.91 Å². The third-order valence-corrected chi connectivity index (χ3v) is 7.62. The second kappa shape index (κ2) is 10.4. The van der Waals surface area contributed by atoms with Gasteiger partial charge in [0.15, 0.2) is 5.16 Å². The second-order valence-electron chi connectivity index (χ2n) is 8.01. The van der Waals surface area contributed by atoms with Gasteiger partial charge in [0.25, 0.3) is 5.56 Å². The van der Waals surface area contributed by atoms with Crippen molar-refractivity contribution in [3.8, 4) is 5.69 Å². The molecule has 33 heavy (non-hydrogen) atoms. The van der Waals surface area contributed by atoms with E-state index in [0.29, 0.717) is 17.1 Å². The van der Waals surface area contributed by atoms with Crippen molar-refractivity contribution in [2.24, 2.45) is 0 Å². The molecule has 1 amide bonds. The number of carbonyl (C=O) groups excluding carboxylic acids is 1. The third kappa shape index (κ3) is 5.20. The van der Waals surface area contributed by atoms with Crippen LogP contribution in [0.3, 0.4) is 0 Å². The minimum Gasteiger partial charge on any atom is -0.351 e. The molecule has 2 aromatic heterocycles. The maximum absolute atomic E-state index is 13.7. The third-order valence-electron chi connectivity index (χ3n) is 5.43. The first-order chi connectivity index (χ1) is 16.0. The zero-order chi connectivity index (χ0) is 23.4. The number of hydrogen-bond donors (Lipinski definition) is 1. The van der Waals surface area contributed by atoms with Crippen LogP contribution in [0.2, 0.25) is 0 Å². The number of nitrogens with one attached hydrogen (secondary N) is 1. The number of aromatic nitrogens is 2. The van der Waals surface area contributed by atoms with Crippen molar-refractivity contribution in [3.63, 3.8) is 0 Å². The highest BCUT2D eigenvalue weighted by Crippen LogP contribution is 2.31. The highest BCUT2D eigenvalue weighted by Gasteiger charge is 2.19. The van der Waals surface area contributed by atoms with E-state index in [0.717, 1.165) is 40.0 Å². The first-order valence-electron chi connectivity index (χ1n) is 11.0. The molecule has 0 saturated carbocycles. The SMILES string of the molecule is CCCc1sc2nc(SCC(=O)NCc3ccccc3)n(-c3cccc(C)c3)c(=O)c2c1C. The lowest BCUT2D eigenvalue weighted by molar-refractivity contribution is -0.118.